The highest BCUT2D eigenvalue weighted by molar-refractivity contribution is 14.0. The Morgan fingerprint density at radius 3 is 2.61 bits per heavy atom. The summed E-state index contributed by atoms with van der Waals surface area (Å²) in [5, 5.41) is 10.9. The van der Waals surface area contributed by atoms with Crippen LogP contribution in [0.2, 0.25) is 0 Å². The minimum absolute atomic E-state index is 0. The Labute approximate surface area is 199 Å². The minimum Gasteiger partial charge on any atom is -0.380 e. The van der Waals surface area contributed by atoms with E-state index in [0.717, 1.165) is 18.7 Å². The molecule has 1 heterocycles. The third kappa shape index (κ3) is 7.62. The lowest BCUT2D eigenvalue weighted by Crippen LogP contribution is -2.37. The molecule has 0 aliphatic heterocycles. The zero-order valence-corrected chi connectivity index (χ0v) is 20.2. The van der Waals surface area contributed by atoms with Crippen LogP contribution >= 0.6 is 24.0 Å². The molecule has 166 valence electrons. The number of benzene rings is 2. The first kappa shape index (κ1) is 24.8. The van der Waals surface area contributed by atoms with Crippen molar-refractivity contribution in [3.63, 3.8) is 0 Å². The highest BCUT2D eigenvalue weighted by Crippen LogP contribution is 2.13. The Hall–Kier alpha value is -2.46. The molecule has 2 aromatic carbocycles. The molecule has 0 spiro atoms. The zero-order valence-electron chi connectivity index (χ0n) is 17.8. The lowest BCUT2D eigenvalue weighted by Gasteiger charge is -2.14. The molecule has 0 saturated heterocycles. The molecular weight excluding hydrogens is 508 g/mol. The summed E-state index contributed by atoms with van der Waals surface area (Å²) < 4.78 is 20.8. The number of hydrogen-bond donors (Lipinski definition) is 2. The molecule has 0 bridgehead atoms. The van der Waals surface area contributed by atoms with Crippen molar-refractivity contribution in [1.29, 1.82) is 0 Å². The number of rotatable bonds is 9. The van der Waals surface area contributed by atoms with Gasteiger partial charge in [-0.1, -0.05) is 30.3 Å². The molecule has 1 aromatic heterocycles. The number of methoxy groups -OCH3 is 1. The smallest absolute Gasteiger partial charge is 0.191 e. The second-order valence-corrected chi connectivity index (χ2v) is 6.88. The number of guanidine groups is 1. The first-order valence-electron chi connectivity index (χ1n) is 10.0. The highest BCUT2D eigenvalue weighted by atomic mass is 127. The summed E-state index contributed by atoms with van der Waals surface area (Å²) in [4.78, 5) is 4.65. The topological polar surface area (TPSA) is 63.5 Å². The van der Waals surface area contributed by atoms with E-state index in [4.69, 9.17) is 4.74 Å². The van der Waals surface area contributed by atoms with E-state index in [0.29, 0.717) is 24.6 Å². The summed E-state index contributed by atoms with van der Waals surface area (Å²) in [6.45, 7) is 4.82. The molecule has 0 aliphatic carbocycles. The van der Waals surface area contributed by atoms with Gasteiger partial charge >= 0.3 is 0 Å². The fourth-order valence-electron chi connectivity index (χ4n) is 3.14. The summed E-state index contributed by atoms with van der Waals surface area (Å²) in [5.41, 5.74) is 3.85. The summed E-state index contributed by atoms with van der Waals surface area (Å²) >= 11 is 0. The molecule has 6 nitrogen and oxygen atoms in total. The SMILES string of the molecule is CCNC(=NCc1ccc(F)c(COC)c1)NCc1ccccc1Cn1cccn1.I. The van der Waals surface area contributed by atoms with Gasteiger partial charge in [0.1, 0.15) is 5.82 Å². The predicted molar refractivity (Wildman–Crippen MR) is 132 cm³/mol. The third-order valence-electron chi connectivity index (χ3n) is 4.63. The van der Waals surface area contributed by atoms with E-state index in [-0.39, 0.29) is 36.4 Å². The number of hydrogen-bond acceptors (Lipinski definition) is 3. The van der Waals surface area contributed by atoms with Crippen LogP contribution in [-0.4, -0.2) is 29.4 Å². The maximum Gasteiger partial charge on any atom is 0.191 e. The van der Waals surface area contributed by atoms with Crippen molar-refractivity contribution >= 4 is 29.9 Å². The number of aliphatic imine (C=N–C) groups is 1. The summed E-state index contributed by atoms with van der Waals surface area (Å²) in [6.07, 6.45) is 3.74. The number of nitrogens with zero attached hydrogens (tertiary/aromatic N) is 3. The predicted octanol–water partition coefficient (Wildman–Crippen LogP) is 4.09. The van der Waals surface area contributed by atoms with Crippen LogP contribution in [0, 0.1) is 5.82 Å². The molecule has 0 unspecified atom stereocenters. The van der Waals surface area contributed by atoms with E-state index in [1.807, 2.05) is 36.0 Å². The molecule has 8 heteroatoms. The maximum atomic E-state index is 13.8. The van der Waals surface area contributed by atoms with Gasteiger partial charge in [0.25, 0.3) is 0 Å². The first-order valence-corrected chi connectivity index (χ1v) is 10.0. The standard InChI is InChI=1S/C23H28FN5O.HI/c1-3-25-23(26-14-18-9-10-22(24)21(13-18)17-30-2)27-15-19-7-4-5-8-20(19)16-29-12-6-11-28-29;/h4-13H,3,14-17H2,1-2H3,(H2,25,26,27);1H. The number of ether oxygens (including phenoxy) is 1. The number of aromatic nitrogens is 2. The Kier molecular flexibility index (Phi) is 10.5. The van der Waals surface area contributed by atoms with Gasteiger partial charge in [-0.15, -0.1) is 24.0 Å². The van der Waals surface area contributed by atoms with Crippen molar-refractivity contribution in [1.82, 2.24) is 20.4 Å². The lowest BCUT2D eigenvalue weighted by molar-refractivity contribution is 0.181. The van der Waals surface area contributed by atoms with E-state index < -0.39 is 0 Å². The van der Waals surface area contributed by atoms with Crippen molar-refractivity contribution in [3.05, 3.63) is 89.0 Å². The van der Waals surface area contributed by atoms with Gasteiger partial charge in [0.15, 0.2) is 5.96 Å². The van der Waals surface area contributed by atoms with Gasteiger partial charge < -0.3 is 15.4 Å². The summed E-state index contributed by atoms with van der Waals surface area (Å²) in [6, 6.07) is 15.2. The van der Waals surface area contributed by atoms with Crippen molar-refractivity contribution in [2.75, 3.05) is 13.7 Å². The second-order valence-electron chi connectivity index (χ2n) is 6.88. The van der Waals surface area contributed by atoms with Crippen LogP contribution in [0.25, 0.3) is 0 Å². The fourth-order valence-corrected chi connectivity index (χ4v) is 3.14. The van der Waals surface area contributed by atoms with E-state index in [9.17, 15) is 4.39 Å². The summed E-state index contributed by atoms with van der Waals surface area (Å²) in [5.74, 6) is 0.451. The molecule has 0 fully saturated rings. The van der Waals surface area contributed by atoms with Crippen molar-refractivity contribution in [2.24, 2.45) is 4.99 Å². The van der Waals surface area contributed by atoms with E-state index in [1.54, 1.807) is 25.4 Å². The molecule has 31 heavy (non-hydrogen) atoms. The van der Waals surface area contributed by atoms with Crippen LogP contribution in [0.1, 0.15) is 29.2 Å². The Bertz CT molecular complexity index is 962. The van der Waals surface area contributed by atoms with E-state index in [2.05, 4.69) is 32.9 Å². The monoisotopic (exact) mass is 537 g/mol. The van der Waals surface area contributed by atoms with Crippen LogP contribution in [0.5, 0.6) is 0 Å². The maximum absolute atomic E-state index is 13.8. The van der Waals surface area contributed by atoms with Gasteiger partial charge in [0.2, 0.25) is 0 Å². The highest BCUT2D eigenvalue weighted by Gasteiger charge is 2.06. The Balaban J connectivity index is 0.00000341. The molecule has 0 aliphatic rings. The molecule has 3 rings (SSSR count). The molecule has 2 N–H and O–H groups in total. The first-order chi connectivity index (χ1) is 14.7. The van der Waals surface area contributed by atoms with Crippen molar-refractivity contribution in [3.8, 4) is 0 Å². The molecular formula is C23H29FIN5O. The lowest BCUT2D eigenvalue weighted by atomic mass is 10.1. The number of halogens is 2. The van der Waals surface area contributed by atoms with Crippen molar-refractivity contribution < 1.29 is 9.13 Å². The Morgan fingerprint density at radius 1 is 1.10 bits per heavy atom. The molecule has 0 amide bonds. The summed E-state index contributed by atoms with van der Waals surface area (Å²) in [7, 11) is 1.56. The molecule has 0 atom stereocenters. The minimum atomic E-state index is -0.261. The molecule has 0 saturated carbocycles. The quantitative estimate of drug-likeness (QED) is 0.245. The molecule has 0 radical (unpaired) electrons. The Morgan fingerprint density at radius 2 is 1.90 bits per heavy atom. The van der Waals surface area contributed by atoms with E-state index >= 15 is 0 Å². The van der Waals surface area contributed by atoms with Crippen LogP contribution in [0.15, 0.2) is 65.9 Å². The van der Waals surface area contributed by atoms with Gasteiger partial charge in [0.05, 0.1) is 19.7 Å². The average Bonchev–Trinajstić information content (AvgIpc) is 3.26. The fraction of sp³-hybridized carbons (Fsp3) is 0.304. The normalized spacial score (nSPS) is 11.1. The van der Waals surface area contributed by atoms with Crippen molar-refractivity contribution in [2.45, 2.75) is 33.2 Å². The van der Waals surface area contributed by atoms with E-state index in [1.165, 1.54) is 17.2 Å². The largest absolute Gasteiger partial charge is 0.380 e. The zero-order chi connectivity index (χ0) is 21.2. The van der Waals surface area contributed by atoms with Crippen LogP contribution in [-0.2, 0) is 31.0 Å². The van der Waals surface area contributed by atoms with Gasteiger partial charge in [-0.25, -0.2) is 9.38 Å². The molecule has 3 aromatic rings. The van der Waals surface area contributed by atoms with Gasteiger partial charge in [-0.05, 0) is 41.8 Å². The second kappa shape index (κ2) is 13.1. The number of nitrogens with one attached hydrogen (secondary N) is 2. The van der Waals surface area contributed by atoms with Gasteiger partial charge in [0, 0.05) is 38.2 Å². The average molecular weight is 537 g/mol. The van der Waals surface area contributed by atoms with Crippen LogP contribution in [0.3, 0.4) is 0 Å². The third-order valence-corrected chi connectivity index (χ3v) is 4.63. The van der Waals surface area contributed by atoms with Gasteiger partial charge in [-0.3, -0.25) is 4.68 Å². The van der Waals surface area contributed by atoms with Crippen LogP contribution < -0.4 is 10.6 Å². The van der Waals surface area contributed by atoms with Gasteiger partial charge in [-0.2, -0.15) is 5.10 Å². The van der Waals surface area contributed by atoms with Crippen LogP contribution in [0.4, 0.5) is 4.39 Å².